The van der Waals surface area contributed by atoms with Crippen molar-refractivity contribution in [3.8, 4) is 0 Å². The first-order valence-electron chi connectivity index (χ1n) is 9.29. The minimum Gasteiger partial charge on any atom is -0.324 e. The molecule has 1 saturated heterocycles. The normalized spacial score (nSPS) is 31.0. The van der Waals surface area contributed by atoms with Crippen molar-refractivity contribution in [2.24, 2.45) is 5.92 Å². The molecule has 7 heteroatoms. The van der Waals surface area contributed by atoms with Crippen LogP contribution in [-0.2, 0) is 15.1 Å². The van der Waals surface area contributed by atoms with E-state index in [2.05, 4.69) is 26.6 Å². The van der Waals surface area contributed by atoms with Crippen LogP contribution in [0.3, 0.4) is 0 Å². The molecule has 2 heterocycles. The Bertz CT molecular complexity index is 1030. The molecule has 1 aliphatic carbocycles. The van der Waals surface area contributed by atoms with Gasteiger partial charge in [0.25, 0.3) is 0 Å². The van der Waals surface area contributed by atoms with Gasteiger partial charge >= 0.3 is 0 Å². The molecule has 0 unspecified atom stereocenters. The topological polar surface area (TPSA) is 58.2 Å². The Hall–Kier alpha value is -1.76. The van der Waals surface area contributed by atoms with E-state index < -0.39 is 23.2 Å². The zero-order chi connectivity index (χ0) is 19.6. The highest BCUT2D eigenvalue weighted by atomic mass is 79.9. The predicted molar refractivity (Wildman–Crippen MR) is 108 cm³/mol. The maximum atomic E-state index is 15.1. The van der Waals surface area contributed by atoms with Gasteiger partial charge < -0.3 is 5.32 Å². The number of nitrogens with one attached hydrogen (secondary N) is 2. The van der Waals surface area contributed by atoms with Crippen LogP contribution >= 0.6 is 27.5 Å². The third kappa shape index (κ3) is 2.38. The quantitative estimate of drug-likeness (QED) is 0.654. The van der Waals surface area contributed by atoms with Gasteiger partial charge in [0.15, 0.2) is 0 Å². The van der Waals surface area contributed by atoms with Crippen LogP contribution < -0.4 is 10.6 Å². The first-order chi connectivity index (χ1) is 13.4. The molecule has 0 bridgehead atoms. The third-order valence-corrected chi connectivity index (χ3v) is 7.10. The maximum Gasteiger partial charge on any atom is 0.250 e. The molecule has 2 fully saturated rings. The van der Waals surface area contributed by atoms with Crippen LogP contribution in [0.25, 0.3) is 0 Å². The Balaban J connectivity index is 1.78. The van der Waals surface area contributed by atoms with Gasteiger partial charge in [-0.05, 0) is 36.6 Å². The predicted octanol–water partition coefficient (Wildman–Crippen LogP) is 4.51. The lowest BCUT2D eigenvalue weighted by molar-refractivity contribution is -0.125. The van der Waals surface area contributed by atoms with E-state index in [1.54, 1.807) is 12.1 Å². The van der Waals surface area contributed by atoms with Crippen LogP contribution in [0.5, 0.6) is 0 Å². The molecule has 2 aliphatic heterocycles. The Morgan fingerprint density at radius 3 is 2.86 bits per heavy atom. The molecule has 4 atom stereocenters. The van der Waals surface area contributed by atoms with Gasteiger partial charge in [0.2, 0.25) is 5.91 Å². The summed E-state index contributed by atoms with van der Waals surface area (Å²) >= 11 is 9.50. The molecule has 0 radical (unpaired) electrons. The van der Waals surface area contributed by atoms with Gasteiger partial charge in [-0.3, -0.25) is 14.9 Å². The van der Waals surface area contributed by atoms with Gasteiger partial charge in [0, 0.05) is 40.0 Å². The lowest BCUT2D eigenvalue weighted by Gasteiger charge is -2.32. The highest BCUT2D eigenvalue weighted by molar-refractivity contribution is 9.10. The minimum atomic E-state index is -1.20. The molecular formula is C21H17BrClFN2O2. The summed E-state index contributed by atoms with van der Waals surface area (Å²) in [6.45, 7) is 0. The number of carbonyl (C=O) groups is 2. The molecule has 1 amide bonds. The van der Waals surface area contributed by atoms with Crippen molar-refractivity contribution in [3.05, 3.63) is 62.8 Å². The molecule has 5 rings (SSSR count). The zero-order valence-corrected chi connectivity index (χ0v) is 17.1. The number of rotatable bonds is 1. The molecule has 2 aromatic rings. The highest BCUT2D eigenvalue weighted by Crippen LogP contribution is 2.56. The van der Waals surface area contributed by atoms with Crippen LogP contribution in [0.15, 0.2) is 40.9 Å². The van der Waals surface area contributed by atoms with E-state index in [4.69, 9.17) is 11.6 Å². The van der Waals surface area contributed by atoms with Gasteiger partial charge in [-0.1, -0.05) is 45.7 Å². The number of Topliss-reactive ketones (excluding diaryl/α,β-unsaturated/α-hetero) is 1. The maximum absolute atomic E-state index is 15.1. The summed E-state index contributed by atoms with van der Waals surface area (Å²) in [6, 6.07) is 10.2. The molecule has 2 N–H and O–H groups in total. The Labute approximate surface area is 175 Å². The van der Waals surface area contributed by atoms with Crippen LogP contribution in [-0.4, -0.2) is 17.7 Å². The molecule has 144 valence electrons. The van der Waals surface area contributed by atoms with Crippen LogP contribution in [0.1, 0.15) is 36.3 Å². The first-order valence-corrected chi connectivity index (χ1v) is 10.5. The second-order valence-corrected chi connectivity index (χ2v) is 9.03. The van der Waals surface area contributed by atoms with E-state index >= 15 is 4.39 Å². The highest BCUT2D eigenvalue weighted by Gasteiger charge is 2.64. The first kappa shape index (κ1) is 18.3. The van der Waals surface area contributed by atoms with Crippen molar-refractivity contribution in [1.29, 1.82) is 0 Å². The summed E-state index contributed by atoms with van der Waals surface area (Å²) in [4.78, 5) is 26.3. The summed E-state index contributed by atoms with van der Waals surface area (Å²) in [6.07, 6.45) is 1.99. The summed E-state index contributed by atoms with van der Waals surface area (Å²) in [7, 11) is 0. The average molecular weight is 464 g/mol. The standard InChI is InChI=1S/C21H17BrClFN2O2/c22-10-7-8-12-15(9-10)25-20(28)21(12)18(11-3-1-4-13(23)19(11)24)17-14(26-21)5-2-6-16(17)27/h1,3-4,7-9,14,17-18,26H,2,5-6H2,(H,25,28)/t14-,17-,18-,21+/m0/s1. The van der Waals surface area contributed by atoms with Crippen LogP contribution in [0, 0.1) is 11.7 Å². The van der Waals surface area contributed by atoms with Gasteiger partial charge in [-0.2, -0.15) is 0 Å². The number of anilines is 1. The lowest BCUT2D eigenvalue weighted by Crippen LogP contribution is -2.49. The summed E-state index contributed by atoms with van der Waals surface area (Å²) in [5.41, 5.74) is 0.531. The second kappa shape index (κ2) is 6.37. The van der Waals surface area contributed by atoms with Crippen molar-refractivity contribution in [2.75, 3.05) is 5.32 Å². The molecule has 1 spiro atoms. The van der Waals surface area contributed by atoms with Crippen molar-refractivity contribution in [1.82, 2.24) is 5.32 Å². The Kier molecular flexibility index (Phi) is 4.16. The molecule has 2 aromatic carbocycles. The number of amides is 1. The molecular weight excluding hydrogens is 447 g/mol. The number of ketones is 1. The van der Waals surface area contributed by atoms with Crippen molar-refractivity contribution in [3.63, 3.8) is 0 Å². The number of halogens is 3. The number of fused-ring (bicyclic) bond motifs is 3. The zero-order valence-electron chi connectivity index (χ0n) is 14.8. The Morgan fingerprint density at radius 2 is 2.04 bits per heavy atom. The smallest absolute Gasteiger partial charge is 0.250 e. The number of benzene rings is 2. The molecule has 0 aromatic heterocycles. The van der Waals surface area contributed by atoms with E-state index in [1.165, 1.54) is 6.07 Å². The van der Waals surface area contributed by atoms with Crippen molar-refractivity contribution < 1.29 is 14.0 Å². The van der Waals surface area contributed by atoms with E-state index in [0.29, 0.717) is 17.7 Å². The van der Waals surface area contributed by atoms with Gasteiger partial charge in [0.05, 0.1) is 5.02 Å². The number of carbonyl (C=O) groups excluding carboxylic acids is 2. The fourth-order valence-electron chi connectivity index (χ4n) is 5.24. The fraction of sp³-hybridized carbons (Fsp3) is 0.333. The van der Waals surface area contributed by atoms with E-state index in [-0.39, 0.29) is 22.8 Å². The number of hydrogen-bond donors (Lipinski definition) is 2. The van der Waals surface area contributed by atoms with Crippen molar-refractivity contribution in [2.45, 2.75) is 36.8 Å². The van der Waals surface area contributed by atoms with Crippen molar-refractivity contribution >= 4 is 44.9 Å². The molecule has 4 nitrogen and oxygen atoms in total. The molecule has 3 aliphatic rings. The lowest BCUT2D eigenvalue weighted by atomic mass is 9.68. The summed E-state index contributed by atoms with van der Waals surface area (Å²) in [5, 5.41) is 6.39. The van der Waals surface area contributed by atoms with Gasteiger partial charge in [-0.15, -0.1) is 0 Å². The molecule has 1 saturated carbocycles. The number of hydrogen-bond acceptors (Lipinski definition) is 3. The van der Waals surface area contributed by atoms with Crippen LogP contribution in [0.4, 0.5) is 10.1 Å². The minimum absolute atomic E-state index is 0.00575. The Morgan fingerprint density at radius 1 is 1.21 bits per heavy atom. The van der Waals surface area contributed by atoms with E-state index in [0.717, 1.165) is 22.9 Å². The summed E-state index contributed by atoms with van der Waals surface area (Å²) < 4.78 is 16.0. The fourth-order valence-corrected chi connectivity index (χ4v) is 5.79. The second-order valence-electron chi connectivity index (χ2n) is 7.71. The monoisotopic (exact) mass is 462 g/mol. The van der Waals surface area contributed by atoms with Gasteiger partial charge in [-0.25, -0.2) is 4.39 Å². The van der Waals surface area contributed by atoms with Gasteiger partial charge in [0.1, 0.15) is 17.1 Å². The third-order valence-electron chi connectivity index (χ3n) is 6.31. The SMILES string of the molecule is O=C1CCC[C@@H]2N[C@@]3(C(=O)Nc4cc(Br)ccc43)[C@@H](c3cccc(Cl)c3F)[C@H]12. The van der Waals surface area contributed by atoms with Crippen LogP contribution in [0.2, 0.25) is 5.02 Å². The average Bonchev–Trinajstić information content (AvgIpc) is 3.14. The largest absolute Gasteiger partial charge is 0.324 e. The van der Waals surface area contributed by atoms with E-state index in [9.17, 15) is 9.59 Å². The summed E-state index contributed by atoms with van der Waals surface area (Å²) in [5.74, 6) is -1.88. The van der Waals surface area contributed by atoms with E-state index in [1.807, 2.05) is 18.2 Å². The molecule has 28 heavy (non-hydrogen) atoms.